The van der Waals surface area contributed by atoms with Gasteiger partial charge in [-0.25, -0.2) is 0 Å². The highest BCUT2D eigenvalue weighted by Crippen LogP contribution is 2.31. The number of aliphatic carboxylic acids is 1. The Balaban J connectivity index is 2.23. The first kappa shape index (κ1) is 17.6. The van der Waals surface area contributed by atoms with Crippen molar-refractivity contribution < 1.29 is 19.4 Å². The Labute approximate surface area is 137 Å². The van der Waals surface area contributed by atoms with Crippen LogP contribution in [0.2, 0.25) is 0 Å². The first-order valence-corrected chi connectivity index (χ1v) is 8.01. The molecule has 2 rings (SSSR count). The van der Waals surface area contributed by atoms with Crippen molar-refractivity contribution in [2.24, 2.45) is 0 Å². The fourth-order valence-electron chi connectivity index (χ4n) is 3.08. The maximum atomic E-state index is 11.0. The van der Waals surface area contributed by atoms with Crippen molar-refractivity contribution in [1.29, 1.82) is 0 Å². The van der Waals surface area contributed by atoms with Crippen LogP contribution in [0, 0.1) is 0 Å². The van der Waals surface area contributed by atoms with E-state index in [-0.39, 0.29) is 12.3 Å². The standard InChI is InChI=1S/C17H26N2O4/c1-3-14-11-23-7-6-19(14)16-5-4-12(8-15(16)18)13(10-22-2)9-17(20)21/h4-5,8,13-14H,3,6-7,9-11,18H2,1-2H3,(H,20,21). The second-order valence-electron chi connectivity index (χ2n) is 5.90. The summed E-state index contributed by atoms with van der Waals surface area (Å²) in [7, 11) is 1.58. The van der Waals surface area contributed by atoms with E-state index in [1.807, 2.05) is 18.2 Å². The number of benzene rings is 1. The monoisotopic (exact) mass is 322 g/mol. The molecule has 1 aromatic rings. The molecule has 0 saturated carbocycles. The molecule has 0 bridgehead atoms. The molecule has 6 heteroatoms. The quantitative estimate of drug-likeness (QED) is 0.748. The molecule has 0 aromatic heterocycles. The number of anilines is 2. The average Bonchev–Trinajstić information content (AvgIpc) is 2.54. The van der Waals surface area contributed by atoms with E-state index in [4.69, 9.17) is 20.3 Å². The summed E-state index contributed by atoms with van der Waals surface area (Å²) in [6, 6.07) is 6.15. The highest BCUT2D eigenvalue weighted by molar-refractivity contribution is 5.71. The summed E-state index contributed by atoms with van der Waals surface area (Å²) >= 11 is 0. The molecule has 1 aromatic carbocycles. The summed E-state index contributed by atoms with van der Waals surface area (Å²) < 4.78 is 10.7. The van der Waals surface area contributed by atoms with E-state index in [0.29, 0.717) is 31.5 Å². The van der Waals surface area contributed by atoms with Crippen molar-refractivity contribution in [2.45, 2.75) is 31.7 Å². The molecule has 0 spiro atoms. The van der Waals surface area contributed by atoms with Crippen LogP contribution < -0.4 is 10.6 Å². The Kier molecular flexibility index (Phi) is 6.24. The third kappa shape index (κ3) is 4.36. The lowest BCUT2D eigenvalue weighted by Gasteiger charge is -2.37. The van der Waals surface area contributed by atoms with Crippen LogP contribution in [-0.4, -0.2) is 50.6 Å². The molecule has 2 atom stereocenters. The lowest BCUT2D eigenvalue weighted by atomic mass is 9.95. The van der Waals surface area contributed by atoms with Crippen LogP contribution in [0.1, 0.15) is 31.2 Å². The van der Waals surface area contributed by atoms with E-state index in [2.05, 4.69) is 11.8 Å². The molecule has 6 nitrogen and oxygen atoms in total. The van der Waals surface area contributed by atoms with E-state index < -0.39 is 5.97 Å². The van der Waals surface area contributed by atoms with E-state index in [1.165, 1.54) is 0 Å². The van der Waals surface area contributed by atoms with Crippen LogP contribution in [0.5, 0.6) is 0 Å². The van der Waals surface area contributed by atoms with Gasteiger partial charge in [0.15, 0.2) is 0 Å². The number of nitrogens with two attached hydrogens (primary N) is 1. The zero-order valence-corrected chi connectivity index (χ0v) is 13.8. The molecule has 0 amide bonds. The number of ether oxygens (including phenoxy) is 2. The largest absolute Gasteiger partial charge is 0.481 e. The lowest BCUT2D eigenvalue weighted by molar-refractivity contribution is -0.137. The van der Waals surface area contributed by atoms with Crippen molar-refractivity contribution in [3.63, 3.8) is 0 Å². The number of morpholine rings is 1. The minimum Gasteiger partial charge on any atom is -0.481 e. The van der Waals surface area contributed by atoms with Crippen LogP contribution >= 0.6 is 0 Å². The zero-order valence-electron chi connectivity index (χ0n) is 13.8. The van der Waals surface area contributed by atoms with Crippen LogP contribution in [0.4, 0.5) is 11.4 Å². The number of nitrogen functional groups attached to an aromatic ring is 1. The van der Waals surface area contributed by atoms with Crippen LogP contribution in [0.15, 0.2) is 18.2 Å². The maximum absolute atomic E-state index is 11.0. The van der Waals surface area contributed by atoms with Crippen LogP contribution in [0.3, 0.4) is 0 Å². The van der Waals surface area contributed by atoms with Gasteiger partial charge < -0.3 is 25.2 Å². The van der Waals surface area contributed by atoms with Gasteiger partial charge in [-0.05, 0) is 24.1 Å². The van der Waals surface area contributed by atoms with Crippen LogP contribution in [0.25, 0.3) is 0 Å². The molecule has 1 fully saturated rings. The molecular weight excluding hydrogens is 296 g/mol. The van der Waals surface area contributed by atoms with E-state index in [1.54, 1.807) is 7.11 Å². The number of hydrogen-bond acceptors (Lipinski definition) is 5. The Morgan fingerprint density at radius 3 is 2.96 bits per heavy atom. The third-order valence-corrected chi connectivity index (χ3v) is 4.32. The smallest absolute Gasteiger partial charge is 0.304 e. The number of methoxy groups -OCH3 is 1. The highest BCUT2D eigenvalue weighted by Gasteiger charge is 2.24. The summed E-state index contributed by atoms with van der Waals surface area (Å²) in [6.45, 7) is 4.73. The number of carbonyl (C=O) groups is 1. The van der Waals surface area contributed by atoms with Crippen molar-refractivity contribution in [2.75, 3.05) is 44.1 Å². The highest BCUT2D eigenvalue weighted by atomic mass is 16.5. The minimum atomic E-state index is -0.839. The van der Waals surface area contributed by atoms with Gasteiger partial charge in [0.25, 0.3) is 0 Å². The van der Waals surface area contributed by atoms with E-state index in [9.17, 15) is 4.79 Å². The lowest BCUT2D eigenvalue weighted by Crippen LogP contribution is -2.45. The van der Waals surface area contributed by atoms with Gasteiger partial charge in [-0.1, -0.05) is 13.0 Å². The van der Waals surface area contributed by atoms with Gasteiger partial charge in [-0.2, -0.15) is 0 Å². The number of hydrogen-bond donors (Lipinski definition) is 2. The van der Waals surface area contributed by atoms with E-state index in [0.717, 1.165) is 24.2 Å². The fraction of sp³-hybridized carbons (Fsp3) is 0.588. The first-order valence-electron chi connectivity index (χ1n) is 8.01. The summed E-state index contributed by atoms with van der Waals surface area (Å²) in [5.74, 6) is -1.03. The SMILES string of the molecule is CCC1COCCN1c1ccc(C(COC)CC(=O)O)cc1N. The molecule has 0 radical (unpaired) electrons. The zero-order chi connectivity index (χ0) is 16.8. The number of carboxylic acid groups (broad SMARTS) is 1. The summed E-state index contributed by atoms with van der Waals surface area (Å²) in [6.07, 6.45) is 1.02. The number of rotatable bonds is 7. The number of nitrogens with zero attached hydrogens (tertiary/aromatic N) is 1. The topological polar surface area (TPSA) is 85.0 Å². The average molecular weight is 322 g/mol. The fourth-order valence-corrected chi connectivity index (χ4v) is 3.08. The summed E-state index contributed by atoms with van der Waals surface area (Å²) in [5.41, 5.74) is 8.83. The molecule has 0 aliphatic carbocycles. The molecule has 1 heterocycles. The Morgan fingerprint density at radius 1 is 1.57 bits per heavy atom. The number of carboxylic acids is 1. The molecule has 128 valence electrons. The molecule has 1 aliphatic rings. The maximum Gasteiger partial charge on any atom is 0.304 e. The Bertz CT molecular complexity index is 535. The normalized spacial score (nSPS) is 19.6. The van der Waals surface area contributed by atoms with Gasteiger partial charge in [0.1, 0.15) is 0 Å². The van der Waals surface area contributed by atoms with Gasteiger partial charge >= 0.3 is 5.97 Å². The molecule has 2 unspecified atom stereocenters. The third-order valence-electron chi connectivity index (χ3n) is 4.32. The predicted molar refractivity (Wildman–Crippen MR) is 90.0 cm³/mol. The predicted octanol–water partition coefficient (Wildman–Crippen LogP) is 2.09. The van der Waals surface area contributed by atoms with Gasteiger partial charge in [-0.15, -0.1) is 0 Å². The molecule has 3 N–H and O–H groups in total. The molecule has 1 aliphatic heterocycles. The summed E-state index contributed by atoms with van der Waals surface area (Å²) in [4.78, 5) is 13.3. The molecule has 1 saturated heterocycles. The molecular formula is C17H26N2O4. The Morgan fingerprint density at radius 2 is 2.35 bits per heavy atom. The second kappa shape index (κ2) is 8.17. The van der Waals surface area contributed by atoms with Crippen molar-refractivity contribution in [3.05, 3.63) is 23.8 Å². The molecule has 23 heavy (non-hydrogen) atoms. The van der Waals surface area contributed by atoms with E-state index >= 15 is 0 Å². The van der Waals surface area contributed by atoms with Crippen molar-refractivity contribution in [1.82, 2.24) is 0 Å². The minimum absolute atomic E-state index is 0.0295. The van der Waals surface area contributed by atoms with Crippen LogP contribution in [-0.2, 0) is 14.3 Å². The van der Waals surface area contributed by atoms with Crippen molar-refractivity contribution in [3.8, 4) is 0 Å². The summed E-state index contributed by atoms with van der Waals surface area (Å²) in [5, 5.41) is 9.06. The van der Waals surface area contributed by atoms with Gasteiger partial charge in [0.05, 0.1) is 43.7 Å². The van der Waals surface area contributed by atoms with Crippen molar-refractivity contribution >= 4 is 17.3 Å². The Hall–Kier alpha value is -1.79. The first-order chi connectivity index (χ1) is 11.1. The van der Waals surface area contributed by atoms with Gasteiger partial charge in [0.2, 0.25) is 0 Å². The second-order valence-corrected chi connectivity index (χ2v) is 5.90. The van der Waals surface area contributed by atoms with Gasteiger partial charge in [0, 0.05) is 19.6 Å². The van der Waals surface area contributed by atoms with Gasteiger partial charge in [-0.3, -0.25) is 4.79 Å².